The van der Waals surface area contributed by atoms with E-state index in [4.69, 9.17) is 16.7 Å². The molecule has 1 aromatic rings. The maximum atomic E-state index is 10.4. The van der Waals surface area contributed by atoms with Crippen molar-refractivity contribution in [1.82, 2.24) is 9.97 Å². The van der Waals surface area contributed by atoms with E-state index in [0.717, 1.165) is 0 Å². The number of nitrogens with zero attached hydrogens (tertiary/aromatic N) is 2. The lowest BCUT2D eigenvalue weighted by Crippen LogP contribution is -2.04. The van der Waals surface area contributed by atoms with Gasteiger partial charge in [-0.25, -0.2) is 14.8 Å². The maximum Gasteiger partial charge on any atom is 0.357 e. The molecule has 0 bridgehead atoms. The standard InChI is InChI=1S/C6H5ClN2O3/c1-12-3-2-8-5(7)4(9-3)6(10)11/h2H,1H3,(H,10,11). The number of carboxylic acid groups (broad SMARTS) is 1. The molecule has 64 valence electrons. The molecule has 0 spiro atoms. The van der Waals surface area contributed by atoms with Crippen molar-refractivity contribution in [3.63, 3.8) is 0 Å². The first kappa shape index (κ1) is 8.73. The highest BCUT2D eigenvalue weighted by atomic mass is 35.5. The molecule has 6 heteroatoms. The summed E-state index contributed by atoms with van der Waals surface area (Å²) in [5.41, 5.74) is -0.309. The van der Waals surface area contributed by atoms with E-state index >= 15 is 0 Å². The van der Waals surface area contributed by atoms with E-state index in [1.165, 1.54) is 13.3 Å². The molecule has 0 saturated carbocycles. The zero-order valence-corrected chi connectivity index (χ0v) is 6.87. The predicted octanol–water partition coefficient (Wildman–Crippen LogP) is 0.837. The molecule has 0 aromatic carbocycles. The Morgan fingerprint density at radius 3 is 2.92 bits per heavy atom. The minimum absolute atomic E-state index is 0.122. The number of hydrogen-bond donors (Lipinski definition) is 1. The number of methoxy groups -OCH3 is 1. The van der Waals surface area contributed by atoms with Crippen molar-refractivity contribution in [2.24, 2.45) is 0 Å². The van der Waals surface area contributed by atoms with Crippen molar-refractivity contribution < 1.29 is 14.6 Å². The minimum atomic E-state index is -1.23. The van der Waals surface area contributed by atoms with Gasteiger partial charge in [-0.05, 0) is 0 Å². The van der Waals surface area contributed by atoms with Gasteiger partial charge in [0.15, 0.2) is 10.8 Å². The highest BCUT2D eigenvalue weighted by Crippen LogP contribution is 2.13. The van der Waals surface area contributed by atoms with Gasteiger partial charge in [0.2, 0.25) is 5.88 Å². The van der Waals surface area contributed by atoms with E-state index in [1.807, 2.05) is 0 Å². The van der Waals surface area contributed by atoms with Crippen LogP contribution in [-0.2, 0) is 0 Å². The van der Waals surface area contributed by atoms with Crippen LogP contribution in [0.3, 0.4) is 0 Å². The van der Waals surface area contributed by atoms with Crippen LogP contribution in [0.25, 0.3) is 0 Å². The third kappa shape index (κ3) is 1.62. The summed E-state index contributed by atoms with van der Waals surface area (Å²) in [5, 5.41) is 8.39. The van der Waals surface area contributed by atoms with E-state index in [0.29, 0.717) is 0 Å². The lowest BCUT2D eigenvalue weighted by atomic mass is 10.4. The molecule has 0 saturated heterocycles. The van der Waals surface area contributed by atoms with Crippen molar-refractivity contribution in [3.05, 3.63) is 17.0 Å². The first-order valence-electron chi connectivity index (χ1n) is 2.95. The van der Waals surface area contributed by atoms with E-state index < -0.39 is 5.97 Å². The zero-order chi connectivity index (χ0) is 9.14. The van der Waals surface area contributed by atoms with Gasteiger partial charge in [0.25, 0.3) is 0 Å². The lowest BCUT2D eigenvalue weighted by Gasteiger charge is -1.99. The molecule has 12 heavy (non-hydrogen) atoms. The quantitative estimate of drug-likeness (QED) is 0.745. The monoisotopic (exact) mass is 188 g/mol. The Balaban J connectivity index is 3.17. The van der Waals surface area contributed by atoms with Gasteiger partial charge >= 0.3 is 5.97 Å². The second-order valence-corrected chi connectivity index (χ2v) is 2.21. The SMILES string of the molecule is COc1cnc(Cl)c(C(=O)O)n1. The Hall–Kier alpha value is -1.36. The number of hydrogen-bond acceptors (Lipinski definition) is 4. The van der Waals surface area contributed by atoms with E-state index in [9.17, 15) is 4.79 Å². The molecule has 5 nitrogen and oxygen atoms in total. The zero-order valence-electron chi connectivity index (χ0n) is 6.11. The average Bonchev–Trinajstić information content (AvgIpc) is 2.05. The predicted molar refractivity (Wildman–Crippen MR) is 40.6 cm³/mol. The third-order valence-electron chi connectivity index (χ3n) is 1.12. The molecule has 0 amide bonds. The third-order valence-corrected chi connectivity index (χ3v) is 1.39. The molecular formula is C6H5ClN2O3. The highest BCUT2D eigenvalue weighted by Gasteiger charge is 2.12. The Labute approximate surface area is 73.0 Å². The van der Waals surface area contributed by atoms with E-state index in [2.05, 4.69) is 14.7 Å². The van der Waals surface area contributed by atoms with Crippen LogP contribution < -0.4 is 4.74 Å². The summed E-state index contributed by atoms with van der Waals surface area (Å²) in [4.78, 5) is 17.6. The summed E-state index contributed by atoms with van der Waals surface area (Å²) in [6, 6.07) is 0. The number of rotatable bonds is 2. The van der Waals surface area contributed by atoms with Crippen LogP contribution in [0, 0.1) is 0 Å². The molecular weight excluding hydrogens is 184 g/mol. The number of halogens is 1. The second-order valence-electron chi connectivity index (χ2n) is 1.86. The summed E-state index contributed by atoms with van der Waals surface area (Å²) in [7, 11) is 1.36. The van der Waals surface area contributed by atoms with Crippen molar-refractivity contribution in [1.29, 1.82) is 0 Å². The van der Waals surface area contributed by atoms with Gasteiger partial charge < -0.3 is 9.84 Å². The van der Waals surface area contributed by atoms with Crippen molar-refractivity contribution in [2.75, 3.05) is 7.11 Å². The van der Waals surface area contributed by atoms with Gasteiger partial charge in [-0.2, -0.15) is 0 Å². The largest absolute Gasteiger partial charge is 0.480 e. The van der Waals surface area contributed by atoms with Gasteiger partial charge in [-0.1, -0.05) is 11.6 Å². The van der Waals surface area contributed by atoms with Crippen LogP contribution in [0.2, 0.25) is 5.15 Å². The summed E-state index contributed by atoms with van der Waals surface area (Å²) in [5.74, 6) is -1.11. The van der Waals surface area contributed by atoms with Crippen molar-refractivity contribution in [2.45, 2.75) is 0 Å². The van der Waals surface area contributed by atoms with Crippen LogP contribution in [0.1, 0.15) is 10.5 Å². The smallest absolute Gasteiger partial charge is 0.357 e. The van der Waals surface area contributed by atoms with Gasteiger partial charge in [0, 0.05) is 0 Å². The maximum absolute atomic E-state index is 10.4. The molecule has 1 N–H and O–H groups in total. The number of ether oxygens (including phenoxy) is 1. The molecule has 0 aliphatic heterocycles. The molecule has 0 atom stereocenters. The molecule has 0 aliphatic carbocycles. The molecule has 0 fully saturated rings. The molecule has 0 radical (unpaired) electrons. The topological polar surface area (TPSA) is 72.3 Å². The fraction of sp³-hybridized carbons (Fsp3) is 0.167. The van der Waals surface area contributed by atoms with Crippen LogP contribution in [-0.4, -0.2) is 28.2 Å². The normalized spacial score (nSPS) is 9.50. The highest BCUT2D eigenvalue weighted by molar-refractivity contribution is 6.31. The van der Waals surface area contributed by atoms with Gasteiger partial charge in [-0.3, -0.25) is 0 Å². The average molecular weight is 189 g/mol. The molecule has 1 heterocycles. The molecule has 0 unspecified atom stereocenters. The van der Waals surface area contributed by atoms with Crippen molar-refractivity contribution in [3.8, 4) is 5.88 Å². The number of carbonyl (C=O) groups is 1. The Bertz CT molecular complexity index is 316. The summed E-state index contributed by atoms with van der Waals surface area (Å²) >= 11 is 5.44. The fourth-order valence-corrected chi connectivity index (χ4v) is 0.765. The Kier molecular flexibility index (Phi) is 2.44. The summed E-state index contributed by atoms with van der Waals surface area (Å²) in [6.45, 7) is 0. The van der Waals surface area contributed by atoms with E-state index in [1.54, 1.807) is 0 Å². The van der Waals surface area contributed by atoms with Crippen LogP contribution in [0.5, 0.6) is 5.88 Å². The minimum Gasteiger partial charge on any atom is -0.480 e. The van der Waals surface area contributed by atoms with Gasteiger partial charge in [-0.15, -0.1) is 0 Å². The fourth-order valence-electron chi connectivity index (χ4n) is 0.593. The number of aromatic carboxylic acids is 1. The first-order valence-corrected chi connectivity index (χ1v) is 3.32. The second kappa shape index (κ2) is 3.36. The van der Waals surface area contributed by atoms with Crippen LogP contribution in [0.4, 0.5) is 0 Å². The Morgan fingerprint density at radius 1 is 1.75 bits per heavy atom. The lowest BCUT2D eigenvalue weighted by molar-refractivity contribution is 0.0689. The van der Waals surface area contributed by atoms with Crippen LogP contribution >= 0.6 is 11.6 Å². The number of carboxylic acids is 1. The van der Waals surface area contributed by atoms with Gasteiger partial charge in [0.05, 0.1) is 13.3 Å². The first-order chi connectivity index (χ1) is 5.65. The van der Waals surface area contributed by atoms with Crippen molar-refractivity contribution >= 4 is 17.6 Å². The summed E-state index contributed by atoms with van der Waals surface area (Å²) < 4.78 is 4.66. The summed E-state index contributed by atoms with van der Waals surface area (Å²) in [6.07, 6.45) is 1.24. The van der Waals surface area contributed by atoms with E-state index in [-0.39, 0.29) is 16.7 Å². The van der Waals surface area contributed by atoms with Crippen LogP contribution in [0.15, 0.2) is 6.20 Å². The molecule has 1 rings (SSSR count). The Morgan fingerprint density at radius 2 is 2.42 bits per heavy atom. The number of aromatic nitrogens is 2. The molecule has 1 aromatic heterocycles. The van der Waals surface area contributed by atoms with Gasteiger partial charge in [0.1, 0.15) is 0 Å². The molecule has 0 aliphatic rings.